The molecular weight excluding hydrogens is 126 g/mol. The van der Waals surface area contributed by atoms with Crippen LogP contribution in [0.5, 0.6) is 0 Å². The molecule has 3 heteroatoms. The number of methoxy groups -OCH3 is 1. The van der Waals surface area contributed by atoms with E-state index in [-0.39, 0.29) is 0 Å². The summed E-state index contributed by atoms with van der Waals surface area (Å²) < 4.78 is 4.65. The average molecular weight is 134 g/mol. The van der Waals surface area contributed by atoms with Crippen LogP contribution in [0.2, 0.25) is 0 Å². The van der Waals surface area contributed by atoms with Crippen molar-refractivity contribution in [3.63, 3.8) is 0 Å². The minimum absolute atomic E-state index is 0.355. The van der Waals surface area contributed by atoms with Crippen molar-refractivity contribution >= 4 is 16.8 Å². The number of rotatable bonds is 3. The Balaban J connectivity index is 3.44. The third kappa shape index (κ3) is 3.84. The summed E-state index contributed by atoms with van der Waals surface area (Å²) in [6.07, 6.45) is 1.38. The molecule has 0 fully saturated rings. The third-order valence-corrected chi connectivity index (χ3v) is 0.702. The van der Waals surface area contributed by atoms with Crippen molar-refractivity contribution < 1.29 is 4.74 Å². The van der Waals surface area contributed by atoms with Gasteiger partial charge < -0.3 is 4.74 Å². The highest BCUT2D eigenvalue weighted by atomic mass is 35.5. The lowest BCUT2D eigenvalue weighted by molar-refractivity contribution is 0.247. The van der Waals surface area contributed by atoms with Gasteiger partial charge in [0.15, 0.2) is 0 Å². The van der Waals surface area contributed by atoms with Crippen LogP contribution in [0.25, 0.3) is 0 Å². The Morgan fingerprint density at radius 2 is 2.62 bits per heavy atom. The number of hydrogen-bond donors (Lipinski definition) is 0. The van der Waals surface area contributed by atoms with Gasteiger partial charge in [-0.05, 0) is 0 Å². The standard InChI is InChI=1S/C5H8ClNO/c1-3-7-5(6)4-8-2/h3H,1,4H2,2H3/b7-5+. The van der Waals surface area contributed by atoms with E-state index in [1.54, 1.807) is 7.11 Å². The van der Waals surface area contributed by atoms with E-state index < -0.39 is 0 Å². The van der Waals surface area contributed by atoms with Crippen molar-refractivity contribution in [2.75, 3.05) is 13.7 Å². The molecule has 0 aromatic heterocycles. The quantitative estimate of drug-likeness (QED) is 0.534. The molecule has 0 amide bonds. The topological polar surface area (TPSA) is 21.6 Å². The Bertz CT molecular complexity index is 101. The maximum atomic E-state index is 5.43. The lowest BCUT2D eigenvalue weighted by Gasteiger charge is -1.90. The van der Waals surface area contributed by atoms with Crippen molar-refractivity contribution in [2.24, 2.45) is 4.99 Å². The SMILES string of the molecule is C=C/N=C(/Cl)COC. The van der Waals surface area contributed by atoms with E-state index in [2.05, 4.69) is 16.3 Å². The molecule has 0 aliphatic rings. The van der Waals surface area contributed by atoms with Gasteiger partial charge >= 0.3 is 0 Å². The molecular formula is C5H8ClNO. The van der Waals surface area contributed by atoms with Crippen LogP contribution in [0.15, 0.2) is 17.8 Å². The van der Waals surface area contributed by atoms with Crippen molar-refractivity contribution in [3.05, 3.63) is 12.8 Å². The zero-order valence-corrected chi connectivity index (χ0v) is 5.48. The van der Waals surface area contributed by atoms with E-state index in [4.69, 9.17) is 11.6 Å². The second-order valence-electron chi connectivity index (χ2n) is 1.12. The summed E-state index contributed by atoms with van der Waals surface area (Å²) in [5.41, 5.74) is 0. The Hall–Kier alpha value is -0.340. The number of ether oxygens (including phenoxy) is 1. The summed E-state index contributed by atoms with van der Waals surface area (Å²) in [6, 6.07) is 0. The highest BCUT2D eigenvalue weighted by molar-refractivity contribution is 6.65. The molecule has 0 atom stereocenters. The van der Waals surface area contributed by atoms with Crippen LogP contribution in [0.1, 0.15) is 0 Å². The molecule has 0 aromatic rings. The molecule has 46 valence electrons. The van der Waals surface area contributed by atoms with Gasteiger partial charge in [0.1, 0.15) is 5.17 Å². The summed E-state index contributed by atoms with van der Waals surface area (Å²) in [5, 5.41) is 0.419. The minimum atomic E-state index is 0.355. The molecule has 0 aromatic carbocycles. The molecule has 0 N–H and O–H groups in total. The van der Waals surface area contributed by atoms with E-state index in [0.29, 0.717) is 11.8 Å². The first-order chi connectivity index (χ1) is 3.81. The molecule has 0 aliphatic carbocycles. The van der Waals surface area contributed by atoms with Crippen molar-refractivity contribution in [3.8, 4) is 0 Å². The number of halogens is 1. The predicted molar refractivity (Wildman–Crippen MR) is 35.4 cm³/mol. The molecule has 0 unspecified atom stereocenters. The van der Waals surface area contributed by atoms with Crippen LogP contribution in [-0.2, 0) is 4.74 Å². The lowest BCUT2D eigenvalue weighted by atomic mass is 10.8. The highest BCUT2D eigenvalue weighted by Crippen LogP contribution is 1.85. The normalized spacial score (nSPS) is 11.5. The fourth-order valence-corrected chi connectivity index (χ4v) is 0.434. The highest BCUT2D eigenvalue weighted by Gasteiger charge is 1.86. The van der Waals surface area contributed by atoms with E-state index in [1.807, 2.05) is 0 Å². The van der Waals surface area contributed by atoms with E-state index in [9.17, 15) is 0 Å². The zero-order valence-electron chi connectivity index (χ0n) is 4.72. The summed E-state index contributed by atoms with van der Waals surface area (Å²) in [7, 11) is 1.56. The number of nitrogens with zero attached hydrogens (tertiary/aromatic N) is 1. The lowest BCUT2D eigenvalue weighted by Crippen LogP contribution is -1.96. The Morgan fingerprint density at radius 1 is 2.00 bits per heavy atom. The largest absolute Gasteiger partial charge is 0.377 e. The molecule has 0 bridgehead atoms. The maximum absolute atomic E-state index is 5.43. The van der Waals surface area contributed by atoms with Crippen molar-refractivity contribution in [2.45, 2.75) is 0 Å². The molecule has 0 aliphatic heterocycles. The Morgan fingerprint density at radius 3 is 3.00 bits per heavy atom. The van der Waals surface area contributed by atoms with Crippen LogP contribution in [0.3, 0.4) is 0 Å². The molecule has 0 spiro atoms. The fourth-order valence-electron chi connectivity index (χ4n) is 0.255. The van der Waals surface area contributed by atoms with E-state index in [0.717, 1.165) is 0 Å². The number of hydrogen-bond acceptors (Lipinski definition) is 2. The molecule has 0 heterocycles. The first-order valence-electron chi connectivity index (χ1n) is 2.13. The van der Waals surface area contributed by atoms with Gasteiger partial charge in [-0.3, -0.25) is 0 Å². The van der Waals surface area contributed by atoms with Gasteiger partial charge in [0.2, 0.25) is 0 Å². The first kappa shape index (κ1) is 7.66. The molecule has 8 heavy (non-hydrogen) atoms. The third-order valence-electron chi connectivity index (χ3n) is 0.495. The van der Waals surface area contributed by atoms with Gasteiger partial charge in [-0.25, -0.2) is 4.99 Å². The monoisotopic (exact) mass is 133 g/mol. The van der Waals surface area contributed by atoms with Crippen LogP contribution < -0.4 is 0 Å². The molecule has 2 nitrogen and oxygen atoms in total. The average Bonchev–Trinajstić information content (AvgIpc) is 1.68. The number of aliphatic imine (C=N–C) groups is 1. The van der Waals surface area contributed by atoms with E-state index in [1.165, 1.54) is 6.20 Å². The summed E-state index contributed by atoms with van der Waals surface area (Å²) >= 11 is 5.43. The molecule has 0 radical (unpaired) electrons. The van der Waals surface area contributed by atoms with Gasteiger partial charge in [0.05, 0.1) is 6.61 Å². The van der Waals surface area contributed by atoms with Crippen LogP contribution in [-0.4, -0.2) is 18.9 Å². The van der Waals surface area contributed by atoms with Crippen molar-refractivity contribution in [1.82, 2.24) is 0 Å². The second kappa shape index (κ2) is 4.81. The first-order valence-corrected chi connectivity index (χ1v) is 2.51. The fraction of sp³-hybridized carbons (Fsp3) is 0.400. The molecule has 0 rings (SSSR count). The zero-order chi connectivity index (χ0) is 6.41. The Kier molecular flexibility index (Phi) is 4.61. The summed E-state index contributed by atoms with van der Waals surface area (Å²) in [5.74, 6) is 0. The van der Waals surface area contributed by atoms with Gasteiger partial charge in [0, 0.05) is 13.3 Å². The van der Waals surface area contributed by atoms with Gasteiger partial charge in [-0.2, -0.15) is 0 Å². The molecule has 0 saturated carbocycles. The van der Waals surface area contributed by atoms with Crippen LogP contribution in [0, 0.1) is 0 Å². The minimum Gasteiger partial charge on any atom is -0.377 e. The molecule has 0 saturated heterocycles. The van der Waals surface area contributed by atoms with Gasteiger partial charge in [-0.1, -0.05) is 18.2 Å². The summed E-state index contributed by atoms with van der Waals surface area (Å²) in [4.78, 5) is 3.64. The van der Waals surface area contributed by atoms with Crippen molar-refractivity contribution in [1.29, 1.82) is 0 Å². The Labute approximate surface area is 53.8 Å². The summed E-state index contributed by atoms with van der Waals surface area (Å²) in [6.45, 7) is 3.71. The van der Waals surface area contributed by atoms with Gasteiger partial charge in [0.25, 0.3) is 0 Å². The van der Waals surface area contributed by atoms with E-state index >= 15 is 0 Å². The van der Waals surface area contributed by atoms with Crippen LogP contribution in [0.4, 0.5) is 0 Å². The van der Waals surface area contributed by atoms with Crippen LogP contribution >= 0.6 is 11.6 Å². The smallest absolute Gasteiger partial charge is 0.131 e. The maximum Gasteiger partial charge on any atom is 0.131 e. The second-order valence-corrected chi connectivity index (χ2v) is 1.56. The predicted octanol–water partition coefficient (Wildman–Crippen LogP) is 1.41. The van der Waals surface area contributed by atoms with Gasteiger partial charge in [-0.15, -0.1) is 0 Å².